The zero-order valence-electron chi connectivity index (χ0n) is 16.4. The fourth-order valence-corrected chi connectivity index (χ4v) is 4.74. The fraction of sp³-hybridized carbons (Fsp3) is 0.364. The van der Waals surface area contributed by atoms with E-state index in [-0.39, 0.29) is 24.2 Å². The summed E-state index contributed by atoms with van der Waals surface area (Å²) >= 11 is 7.95. The Balaban J connectivity index is 1.38. The number of anilines is 2. The Labute approximate surface area is 180 Å². The first kappa shape index (κ1) is 20.1. The monoisotopic (exact) mass is 429 g/mol. The van der Waals surface area contributed by atoms with Gasteiger partial charge in [-0.3, -0.25) is 9.59 Å². The van der Waals surface area contributed by atoms with Crippen LogP contribution in [-0.4, -0.2) is 55.7 Å². The van der Waals surface area contributed by atoms with Crippen molar-refractivity contribution in [3.05, 3.63) is 53.6 Å². The van der Waals surface area contributed by atoms with Gasteiger partial charge >= 0.3 is 0 Å². The molecule has 152 valence electrons. The third-order valence-electron chi connectivity index (χ3n) is 5.62. The molecule has 2 aliphatic heterocycles. The van der Waals surface area contributed by atoms with Crippen molar-refractivity contribution in [1.29, 1.82) is 0 Å². The van der Waals surface area contributed by atoms with Gasteiger partial charge in [-0.05, 0) is 36.6 Å². The second-order valence-corrected chi connectivity index (χ2v) is 8.66. The van der Waals surface area contributed by atoms with Gasteiger partial charge in [0.25, 0.3) is 0 Å². The van der Waals surface area contributed by atoms with Crippen LogP contribution in [0, 0.1) is 5.92 Å². The Morgan fingerprint density at radius 1 is 1.07 bits per heavy atom. The van der Waals surface area contributed by atoms with Gasteiger partial charge in [-0.15, -0.1) is 11.8 Å². The Bertz CT molecular complexity index is 914. The first-order valence-electron chi connectivity index (χ1n) is 9.79. The summed E-state index contributed by atoms with van der Waals surface area (Å²) in [5.74, 6) is -0.163. The standard InChI is InChI=1S/C22H24ClN3O2S/c1-29-18-6-4-5-17(14-18)26-15-16(13-21(26)27)22(28)25-11-9-24(10-12-25)20-8-3-2-7-19(20)23/h2-8,14,16H,9-13,15H2,1H3. The number of nitrogens with zero attached hydrogens (tertiary/aromatic N) is 3. The molecule has 0 aliphatic carbocycles. The Morgan fingerprint density at radius 2 is 1.83 bits per heavy atom. The lowest BCUT2D eigenvalue weighted by molar-refractivity contribution is -0.136. The summed E-state index contributed by atoms with van der Waals surface area (Å²) in [6, 6.07) is 15.7. The van der Waals surface area contributed by atoms with Crippen molar-refractivity contribution >= 4 is 46.6 Å². The Kier molecular flexibility index (Phi) is 6.01. The van der Waals surface area contributed by atoms with Crippen molar-refractivity contribution in [2.45, 2.75) is 11.3 Å². The molecule has 0 N–H and O–H groups in total. The second kappa shape index (κ2) is 8.67. The topological polar surface area (TPSA) is 43.9 Å². The predicted molar refractivity (Wildman–Crippen MR) is 119 cm³/mol. The maximum Gasteiger partial charge on any atom is 0.228 e. The van der Waals surface area contributed by atoms with Gasteiger partial charge in [-0.25, -0.2) is 0 Å². The maximum atomic E-state index is 13.1. The van der Waals surface area contributed by atoms with E-state index in [2.05, 4.69) is 4.90 Å². The average molecular weight is 430 g/mol. The van der Waals surface area contributed by atoms with Crippen LogP contribution in [-0.2, 0) is 9.59 Å². The summed E-state index contributed by atoms with van der Waals surface area (Å²) < 4.78 is 0. The highest BCUT2D eigenvalue weighted by Crippen LogP contribution is 2.30. The highest BCUT2D eigenvalue weighted by molar-refractivity contribution is 7.98. The van der Waals surface area contributed by atoms with Gasteiger partial charge in [0.15, 0.2) is 0 Å². The number of carbonyl (C=O) groups is 2. The molecule has 2 amide bonds. The molecule has 1 atom stereocenters. The van der Waals surface area contributed by atoms with E-state index in [0.29, 0.717) is 19.6 Å². The van der Waals surface area contributed by atoms with E-state index in [9.17, 15) is 9.59 Å². The van der Waals surface area contributed by atoms with Gasteiger partial charge in [0, 0.05) is 49.7 Å². The van der Waals surface area contributed by atoms with Crippen molar-refractivity contribution in [2.75, 3.05) is 48.8 Å². The number of para-hydroxylation sites is 1. The van der Waals surface area contributed by atoms with E-state index in [0.717, 1.165) is 34.4 Å². The van der Waals surface area contributed by atoms with Crippen molar-refractivity contribution in [3.8, 4) is 0 Å². The number of carbonyl (C=O) groups excluding carboxylic acids is 2. The first-order valence-corrected chi connectivity index (χ1v) is 11.4. The van der Waals surface area contributed by atoms with Gasteiger partial charge in [-0.2, -0.15) is 0 Å². The molecule has 0 spiro atoms. The molecular formula is C22H24ClN3O2S. The molecule has 0 aromatic heterocycles. The van der Waals surface area contributed by atoms with Crippen LogP contribution in [0.2, 0.25) is 5.02 Å². The van der Waals surface area contributed by atoms with E-state index in [4.69, 9.17) is 11.6 Å². The number of rotatable bonds is 4. The summed E-state index contributed by atoms with van der Waals surface area (Å²) in [5, 5.41) is 0.733. The molecule has 4 rings (SSSR count). The summed E-state index contributed by atoms with van der Waals surface area (Å²) in [6.07, 6.45) is 2.30. The van der Waals surface area contributed by atoms with Crippen molar-refractivity contribution in [3.63, 3.8) is 0 Å². The molecule has 2 aliphatic rings. The molecule has 7 heteroatoms. The van der Waals surface area contributed by atoms with E-state index in [1.807, 2.05) is 59.7 Å². The zero-order chi connectivity index (χ0) is 20.4. The minimum Gasteiger partial charge on any atom is -0.367 e. The highest BCUT2D eigenvalue weighted by Gasteiger charge is 2.38. The molecule has 1 unspecified atom stereocenters. The Morgan fingerprint density at radius 3 is 2.55 bits per heavy atom. The predicted octanol–water partition coefficient (Wildman–Crippen LogP) is 3.76. The molecule has 2 fully saturated rings. The lowest BCUT2D eigenvalue weighted by Gasteiger charge is -2.37. The van der Waals surface area contributed by atoms with Gasteiger partial charge in [-0.1, -0.05) is 29.8 Å². The average Bonchev–Trinajstić information content (AvgIpc) is 3.15. The lowest BCUT2D eigenvalue weighted by Crippen LogP contribution is -2.50. The molecule has 2 aromatic rings. The summed E-state index contributed by atoms with van der Waals surface area (Å²) in [7, 11) is 0. The molecule has 0 radical (unpaired) electrons. The molecule has 2 aromatic carbocycles. The van der Waals surface area contributed by atoms with E-state index in [1.54, 1.807) is 16.7 Å². The molecule has 0 bridgehead atoms. The third kappa shape index (κ3) is 4.23. The summed E-state index contributed by atoms with van der Waals surface area (Å²) in [6.45, 7) is 3.25. The van der Waals surface area contributed by atoms with Crippen LogP contribution in [0.1, 0.15) is 6.42 Å². The van der Waals surface area contributed by atoms with Crippen LogP contribution >= 0.6 is 23.4 Å². The van der Waals surface area contributed by atoms with E-state index < -0.39 is 0 Å². The van der Waals surface area contributed by atoms with Crippen LogP contribution in [0.25, 0.3) is 0 Å². The van der Waals surface area contributed by atoms with Crippen LogP contribution < -0.4 is 9.80 Å². The van der Waals surface area contributed by atoms with Gasteiger partial charge in [0.2, 0.25) is 11.8 Å². The number of hydrogen-bond donors (Lipinski definition) is 0. The van der Waals surface area contributed by atoms with E-state index >= 15 is 0 Å². The summed E-state index contributed by atoms with van der Waals surface area (Å²) in [5.41, 5.74) is 1.89. The number of benzene rings is 2. The molecule has 2 heterocycles. The van der Waals surface area contributed by atoms with Gasteiger partial charge in [0.1, 0.15) is 0 Å². The normalized spacial score (nSPS) is 19.7. The number of piperazine rings is 1. The SMILES string of the molecule is CSc1cccc(N2CC(C(=O)N3CCN(c4ccccc4Cl)CC3)CC2=O)c1. The first-order chi connectivity index (χ1) is 14.1. The van der Waals surface area contributed by atoms with Crippen LogP contribution in [0.3, 0.4) is 0 Å². The largest absolute Gasteiger partial charge is 0.367 e. The molecule has 2 saturated heterocycles. The van der Waals surface area contributed by atoms with E-state index in [1.165, 1.54) is 0 Å². The highest BCUT2D eigenvalue weighted by atomic mass is 35.5. The zero-order valence-corrected chi connectivity index (χ0v) is 18.0. The summed E-state index contributed by atoms with van der Waals surface area (Å²) in [4.78, 5) is 32.6. The number of amides is 2. The molecule has 5 nitrogen and oxygen atoms in total. The van der Waals surface area contributed by atoms with Crippen LogP contribution in [0.4, 0.5) is 11.4 Å². The second-order valence-electron chi connectivity index (χ2n) is 7.37. The van der Waals surface area contributed by atoms with Crippen molar-refractivity contribution in [2.24, 2.45) is 5.92 Å². The fourth-order valence-electron chi connectivity index (χ4n) is 4.04. The number of hydrogen-bond acceptors (Lipinski definition) is 4. The molecule has 0 saturated carbocycles. The third-order valence-corrected chi connectivity index (χ3v) is 6.67. The minimum atomic E-state index is -0.271. The number of thioether (sulfide) groups is 1. The molecule has 29 heavy (non-hydrogen) atoms. The van der Waals surface area contributed by atoms with Crippen LogP contribution in [0.5, 0.6) is 0 Å². The van der Waals surface area contributed by atoms with Gasteiger partial charge < -0.3 is 14.7 Å². The lowest BCUT2D eigenvalue weighted by atomic mass is 10.1. The van der Waals surface area contributed by atoms with Gasteiger partial charge in [0.05, 0.1) is 16.6 Å². The smallest absolute Gasteiger partial charge is 0.228 e. The quantitative estimate of drug-likeness (QED) is 0.694. The number of halogens is 1. The van der Waals surface area contributed by atoms with Crippen LogP contribution in [0.15, 0.2) is 53.4 Å². The maximum absolute atomic E-state index is 13.1. The Hall–Kier alpha value is -2.18. The minimum absolute atomic E-state index is 0.0244. The molecular weight excluding hydrogens is 406 g/mol. The van der Waals surface area contributed by atoms with Crippen molar-refractivity contribution in [1.82, 2.24) is 4.90 Å². The van der Waals surface area contributed by atoms with Crippen molar-refractivity contribution < 1.29 is 9.59 Å².